The molecule has 0 spiro atoms. The van der Waals surface area contributed by atoms with Gasteiger partial charge in [0.05, 0.1) is 17.0 Å². The number of fused-ring (bicyclic) bond motifs is 1. The number of ether oxygens (including phenoxy) is 2. The maximum absolute atomic E-state index is 12.1. The summed E-state index contributed by atoms with van der Waals surface area (Å²) in [5.41, 5.74) is -0.225. The van der Waals surface area contributed by atoms with E-state index in [2.05, 4.69) is 0 Å². The molecule has 1 aromatic carbocycles. The van der Waals surface area contributed by atoms with Crippen LogP contribution in [0.25, 0.3) is 0 Å². The summed E-state index contributed by atoms with van der Waals surface area (Å²) in [4.78, 5) is 11.5. The number of benzene rings is 1. The van der Waals surface area contributed by atoms with E-state index in [1.54, 1.807) is 0 Å². The molecule has 116 valence electrons. The average molecular weight is 322 g/mol. The monoisotopic (exact) mass is 322 g/mol. The Morgan fingerprint density at radius 2 is 2.00 bits per heavy atom. The van der Waals surface area contributed by atoms with Crippen molar-refractivity contribution in [2.24, 2.45) is 5.14 Å². The van der Waals surface area contributed by atoms with Crippen molar-refractivity contribution in [3.63, 3.8) is 0 Å². The zero-order valence-corrected chi connectivity index (χ0v) is 11.5. The lowest BCUT2D eigenvalue weighted by atomic mass is 10.1. The molecule has 10 heteroatoms. The van der Waals surface area contributed by atoms with E-state index >= 15 is 0 Å². The van der Waals surface area contributed by atoms with E-state index in [1.807, 2.05) is 5.32 Å². The first kappa shape index (κ1) is 15.4. The highest BCUT2D eigenvalue weighted by molar-refractivity contribution is 7.89. The molecule has 0 radical (unpaired) electrons. The smallest absolute Gasteiger partial charge is 0.255 e. The summed E-state index contributed by atoms with van der Waals surface area (Å²) < 4.78 is 57.5. The van der Waals surface area contributed by atoms with Gasteiger partial charge in [-0.15, -0.1) is 0 Å². The molecule has 21 heavy (non-hydrogen) atoms. The number of primary sulfonamides is 1. The molecular formula is C11H12F2N2O5S. The number of rotatable bonds is 4. The number of carbonyl (C=O) groups excluding carboxylic acids is 1. The van der Waals surface area contributed by atoms with E-state index in [4.69, 9.17) is 14.6 Å². The van der Waals surface area contributed by atoms with Crippen molar-refractivity contribution in [1.29, 1.82) is 0 Å². The molecule has 1 aromatic rings. The Hall–Kier alpha value is -1.94. The van der Waals surface area contributed by atoms with Crippen LogP contribution in [-0.4, -0.2) is 40.5 Å². The van der Waals surface area contributed by atoms with E-state index < -0.39 is 28.9 Å². The maximum atomic E-state index is 12.1. The van der Waals surface area contributed by atoms with Crippen LogP contribution in [0.2, 0.25) is 0 Å². The number of hydrogen-bond acceptors (Lipinski definition) is 5. The summed E-state index contributed by atoms with van der Waals surface area (Å²) in [6.07, 6.45) is -2.73. The molecule has 0 unspecified atom stereocenters. The van der Waals surface area contributed by atoms with Gasteiger partial charge in [-0.05, 0) is 6.07 Å². The standard InChI is InChI=1S/C11H12F2N2O5S/c12-9(13)5-15-11(16)7-3-6(21(14,17)18)4-8-10(7)20-2-1-19-8/h3-4,9H,1-2,5H2,(H,15,16)(H2,14,17,18). The summed E-state index contributed by atoms with van der Waals surface area (Å²) in [6.45, 7) is -0.552. The molecule has 2 rings (SSSR count). The molecule has 0 saturated heterocycles. The molecule has 1 amide bonds. The van der Waals surface area contributed by atoms with Crippen LogP contribution < -0.4 is 19.9 Å². The number of amides is 1. The lowest BCUT2D eigenvalue weighted by molar-refractivity contribution is 0.0881. The third kappa shape index (κ3) is 3.58. The largest absolute Gasteiger partial charge is 0.486 e. The van der Waals surface area contributed by atoms with Crippen molar-refractivity contribution >= 4 is 15.9 Å². The number of nitrogens with two attached hydrogens (primary N) is 1. The summed E-state index contributed by atoms with van der Waals surface area (Å²) in [6, 6.07) is 2.08. The van der Waals surface area contributed by atoms with Crippen molar-refractivity contribution in [3.8, 4) is 11.5 Å². The van der Waals surface area contributed by atoms with Crippen LogP contribution in [0.1, 0.15) is 10.4 Å². The molecule has 0 bridgehead atoms. The zero-order valence-electron chi connectivity index (χ0n) is 10.6. The summed E-state index contributed by atoms with van der Waals surface area (Å²) >= 11 is 0. The highest BCUT2D eigenvalue weighted by Crippen LogP contribution is 2.36. The van der Waals surface area contributed by atoms with Gasteiger partial charge in [0.25, 0.3) is 12.3 Å². The van der Waals surface area contributed by atoms with Crippen LogP contribution in [0.4, 0.5) is 8.78 Å². The molecule has 7 nitrogen and oxygen atoms in total. The van der Waals surface area contributed by atoms with Gasteiger partial charge in [-0.25, -0.2) is 22.3 Å². The van der Waals surface area contributed by atoms with Gasteiger partial charge in [-0.3, -0.25) is 4.79 Å². The van der Waals surface area contributed by atoms with Gasteiger partial charge in [0.2, 0.25) is 10.0 Å². The minimum atomic E-state index is -4.09. The fourth-order valence-corrected chi connectivity index (χ4v) is 2.28. The Kier molecular flexibility index (Phi) is 4.28. The third-order valence-electron chi connectivity index (χ3n) is 2.61. The Morgan fingerprint density at radius 3 is 2.62 bits per heavy atom. The highest BCUT2D eigenvalue weighted by atomic mass is 32.2. The fourth-order valence-electron chi connectivity index (χ4n) is 1.73. The van der Waals surface area contributed by atoms with Gasteiger partial charge in [0, 0.05) is 6.07 Å². The topological polar surface area (TPSA) is 108 Å². The Labute approximate surface area is 119 Å². The maximum Gasteiger partial charge on any atom is 0.255 e. The second kappa shape index (κ2) is 5.82. The quantitative estimate of drug-likeness (QED) is 0.817. The third-order valence-corrected chi connectivity index (χ3v) is 3.50. The van der Waals surface area contributed by atoms with E-state index in [1.165, 1.54) is 0 Å². The van der Waals surface area contributed by atoms with Crippen LogP contribution in [-0.2, 0) is 10.0 Å². The molecule has 1 aliphatic rings. The SMILES string of the molecule is NS(=O)(=O)c1cc2c(c(C(=O)NCC(F)F)c1)OCCO2. The predicted molar refractivity (Wildman–Crippen MR) is 67.1 cm³/mol. The number of halogens is 2. The minimum absolute atomic E-state index is 0.000385. The van der Waals surface area contributed by atoms with Gasteiger partial charge >= 0.3 is 0 Å². The predicted octanol–water partition coefficient (Wildman–Crippen LogP) is 0.100. The molecule has 0 fully saturated rings. The molecule has 0 saturated carbocycles. The van der Waals surface area contributed by atoms with Crippen LogP contribution in [0, 0.1) is 0 Å². The van der Waals surface area contributed by atoms with Crippen LogP contribution in [0.15, 0.2) is 17.0 Å². The van der Waals surface area contributed by atoms with E-state index in [9.17, 15) is 22.0 Å². The van der Waals surface area contributed by atoms with E-state index in [0.717, 1.165) is 12.1 Å². The second-order valence-corrected chi connectivity index (χ2v) is 5.70. The summed E-state index contributed by atoms with van der Waals surface area (Å²) in [7, 11) is -4.09. The molecule has 0 aromatic heterocycles. The van der Waals surface area contributed by atoms with Crippen molar-refractivity contribution in [2.45, 2.75) is 11.3 Å². The molecular weight excluding hydrogens is 310 g/mol. The number of carbonyl (C=O) groups is 1. The van der Waals surface area contributed by atoms with Gasteiger partial charge in [-0.1, -0.05) is 0 Å². The Morgan fingerprint density at radius 1 is 1.33 bits per heavy atom. The lowest BCUT2D eigenvalue weighted by Crippen LogP contribution is -2.30. The summed E-state index contributed by atoms with van der Waals surface area (Å²) in [5.74, 6) is -0.877. The number of hydrogen-bond donors (Lipinski definition) is 2. The van der Waals surface area contributed by atoms with Crippen molar-refractivity contribution in [2.75, 3.05) is 19.8 Å². The Bertz CT molecular complexity index is 663. The van der Waals surface area contributed by atoms with Gasteiger partial charge in [-0.2, -0.15) is 0 Å². The number of sulfonamides is 1. The van der Waals surface area contributed by atoms with Crippen molar-refractivity contribution in [3.05, 3.63) is 17.7 Å². The zero-order chi connectivity index (χ0) is 15.6. The summed E-state index contributed by atoms with van der Waals surface area (Å²) in [5, 5.41) is 6.97. The fraction of sp³-hybridized carbons (Fsp3) is 0.364. The van der Waals surface area contributed by atoms with Crippen LogP contribution >= 0.6 is 0 Å². The van der Waals surface area contributed by atoms with Crippen LogP contribution in [0.3, 0.4) is 0 Å². The van der Waals surface area contributed by atoms with Crippen molar-refractivity contribution < 1.29 is 31.5 Å². The van der Waals surface area contributed by atoms with Crippen molar-refractivity contribution in [1.82, 2.24) is 5.32 Å². The van der Waals surface area contributed by atoms with Gasteiger partial charge in [0.1, 0.15) is 13.2 Å². The first-order valence-electron chi connectivity index (χ1n) is 5.82. The lowest BCUT2D eigenvalue weighted by Gasteiger charge is -2.21. The second-order valence-electron chi connectivity index (χ2n) is 4.14. The van der Waals surface area contributed by atoms with Gasteiger partial charge in [0.15, 0.2) is 11.5 Å². The van der Waals surface area contributed by atoms with Crippen LogP contribution in [0.5, 0.6) is 11.5 Å². The first-order chi connectivity index (χ1) is 9.79. The molecule has 3 N–H and O–H groups in total. The highest BCUT2D eigenvalue weighted by Gasteiger charge is 2.25. The van der Waals surface area contributed by atoms with E-state index in [0.29, 0.717) is 0 Å². The average Bonchev–Trinajstić information content (AvgIpc) is 2.42. The van der Waals surface area contributed by atoms with Gasteiger partial charge < -0.3 is 14.8 Å². The Balaban J connectivity index is 2.45. The molecule has 0 aliphatic carbocycles. The molecule has 0 atom stereocenters. The normalized spacial score (nSPS) is 14.1. The minimum Gasteiger partial charge on any atom is -0.486 e. The first-order valence-corrected chi connectivity index (χ1v) is 7.36. The molecule has 1 heterocycles. The number of alkyl halides is 2. The molecule has 1 aliphatic heterocycles. The van der Waals surface area contributed by atoms with E-state index in [-0.39, 0.29) is 35.2 Å². The number of nitrogens with one attached hydrogen (secondary N) is 1.